The Kier molecular flexibility index (Phi) is 3.85. The first kappa shape index (κ1) is 15.2. The predicted molar refractivity (Wildman–Crippen MR) is 86.3 cm³/mol. The smallest absolute Gasteiger partial charge is 0.264 e. The summed E-state index contributed by atoms with van der Waals surface area (Å²) in [6, 6.07) is 4.73. The normalized spacial score (nSPS) is 18.1. The minimum Gasteiger partial charge on any atom is -0.385 e. The number of hydrogen-bond donors (Lipinski definition) is 2. The molecule has 7 heteroatoms. The van der Waals surface area contributed by atoms with Crippen LogP contribution in [0.15, 0.2) is 23.0 Å². The van der Waals surface area contributed by atoms with Gasteiger partial charge in [0, 0.05) is 18.7 Å². The molecule has 2 N–H and O–H groups in total. The Labute approximate surface area is 132 Å². The Hall–Kier alpha value is -2.70. The van der Waals surface area contributed by atoms with Gasteiger partial charge in [0.2, 0.25) is 11.8 Å². The zero-order chi connectivity index (χ0) is 16.6. The van der Waals surface area contributed by atoms with E-state index >= 15 is 0 Å². The standard InChI is InChI=1S/C16H18N4O3/c1-3-17-10-5-4-6-11-14(10)16(23)20(9(2)18-11)12-7-8-13(21)19-15(12)22/h4-6,12,17H,3,7-8H2,1-2H3,(H,19,21,22). The first-order valence-electron chi connectivity index (χ1n) is 7.62. The lowest BCUT2D eigenvalue weighted by molar-refractivity contribution is -0.135. The SMILES string of the molecule is CCNc1cccc2nc(C)n(C3CCC(=O)NC3=O)c(=O)c12. The first-order chi connectivity index (χ1) is 11.0. The molecule has 1 fully saturated rings. The molecule has 7 nitrogen and oxygen atoms in total. The van der Waals surface area contributed by atoms with Crippen LogP contribution in [0.25, 0.3) is 10.9 Å². The highest BCUT2D eigenvalue weighted by atomic mass is 16.2. The van der Waals surface area contributed by atoms with Crippen LogP contribution in [0, 0.1) is 6.92 Å². The van der Waals surface area contributed by atoms with Crippen molar-refractivity contribution >= 4 is 28.4 Å². The van der Waals surface area contributed by atoms with Crippen LogP contribution in [0.1, 0.15) is 31.6 Å². The number of benzene rings is 1. The van der Waals surface area contributed by atoms with E-state index in [4.69, 9.17) is 0 Å². The average molecular weight is 314 g/mol. The number of hydrogen-bond acceptors (Lipinski definition) is 5. The van der Waals surface area contributed by atoms with Crippen molar-refractivity contribution in [2.75, 3.05) is 11.9 Å². The number of carbonyl (C=O) groups is 2. The molecule has 3 rings (SSSR count). The molecule has 120 valence electrons. The van der Waals surface area contributed by atoms with Crippen molar-refractivity contribution in [1.82, 2.24) is 14.9 Å². The van der Waals surface area contributed by atoms with Gasteiger partial charge in [0.1, 0.15) is 11.9 Å². The van der Waals surface area contributed by atoms with Crippen molar-refractivity contribution in [3.05, 3.63) is 34.4 Å². The van der Waals surface area contributed by atoms with E-state index in [2.05, 4.69) is 15.6 Å². The lowest BCUT2D eigenvalue weighted by Gasteiger charge is -2.24. The fraction of sp³-hybridized carbons (Fsp3) is 0.375. The molecule has 1 unspecified atom stereocenters. The fourth-order valence-corrected chi connectivity index (χ4v) is 2.99. The number of fused-ring (bicyclic) bond motifs is 1. The molecular formula is C16H18N4O3. The number of aryl methyl sites for hydroxylation is 1. The Morgan fingerprint density at radius 1 is 1.35 bits per heavy atom. The van der Waals surface area contributed by atoms with Gasteiger partial charge in [0.15, 0.2) is 0 Å². The summed E-state index contributed by atoms with van der Waals surface area (Å²) in [5.74, 6) is -0.293. The minimum absolute atomic E-state index is 0.217. The van der Waals surface area contributed by atoms with Gasteiger partial charge < -0.3 is 5.32 Å². The molecule has 2 aromatic rings. The number of carbonyl (C=O) groups excluding carboxylic acids is 2. The topological polar surface area (TPSA) is 93.1 Å². The van der Waals surface area contributed by atoms with E-state index in [1.54, 1.807) is 13.0 Å². The number of rotatable bonds is 3. The van der Waals surface area contributed by atoms with Crippen LogP contribution in [0.4, 0.5) is 5.69 Å². The van der Waals surface area contributed by atoms with E-state index in [-0.39, 0.29) is 17.9 Å². The molecule has 2 amide bonds. The number of aromatic nitrogens is 2. The van der Waals surface area contributed by atoms with Gasteiger partial charge >= 0.3 is 0 Å². The van der Waals surface area contributed by atoms with Crippen molar-refractivity contribution < 1.29 is 9.59 Å². The molecule has 0 saturated carbocycles. The molecule has 1 aromatic carbocycles. The van der Waals surface area contributed by atoms with Crippen LogP contribution in [0.3, 0.4) is 0 Å². The summed E-state index contributed by atoms with van der Waals surface area (Å²) >= 11 is 0. The molecule has 0 radical (unpaired) electrons. The molecule has 1 aliphatic rings. The fourth-order valence-electron chi connectivity index (χ4n) is 2.99. The van der Waals surface area contributed by atoms with Gasteiger partial charge in [-0.05, 0) is 32.4 Å². The minimum atomic E-state index is -0.702. The molecule has 1 saturated heterocycles. The van der Waals surface area contributed by atoms with Crippen LogP contribution in [0.5, 0.6) is 0 Å². The highest BCUT2D eigenvalue weighted by Crippen LogP contribution is 2.23. The van der Waals surface area contributed by atoms with Crippen molar-refractivity contribution in [3.8, 4) is 0 Å². The first-order valence-corrected chi connectivity index (χ1v) is 7.62. The maximum Gasteiger partial charge on any atom is 0.264 e. The second-order valence-electron chi connectivity index (χ2n) is 5.53. The molecule has 0 spiro atoms. The van der Waals surface area contributed by atoms with Gasteiger partial charge in [-0.1, -0.05) is 6.07 Å². The van der Waals surface area contributed by atoms with Crippen LogP contribution in [-0.4, -0.2) is 27.9 Å². The monoisotopic (exact) mass is 314 g/mol. The van der Waals surface area contributed by atoms with Crippen molar-refractivity contribution in [2.45, 2.75) is 32.7 Å². The molecule has 1 aliphatic heterocycles. The molecule has 0 bridgehead atoms. The number of imide groups is 1. The second kappa shape index (κ2) is 5.83. The molecular weight excluding hydrogens is 296 g/mol. The van der Waals surface area contributed by atoms with Crippen LogP contribution in [-0.2, 0) is 9.59 Å². The van der Waals surface area contributed by atoms with Crippen LogP contribution < -0.4 is 16.2 Å². The van der Waals surface area contributed by atoms with Crippen LogP contribution >= 0.6 is 0 Å². The quantitative estimate of drug-likeness (QED) is 0.828. The predicted octanol–water partition coefficient (Wildman–Crippen LogP) is 1.11. The third-order valence-electron chi connectivity index (χ3n) is 4.00. The summed E-state index contributed by atoms with van der Waals surface area (Å²) in [7, 11) is 0. The Morgan fingerprint density at radius 2 is 2.13 bits per heavy atom. The summed E-state index contributed by atoms with van der Waals surface area (Å²) in [5, 5.41) is 5.90. The van der Waals surface area contributed by atoms with Gasteiger partial charge in [-0.25, -0.2) is 4.98 Å². The highest BCUT2D eigenvalue weighted by molar-refractivity contribution is 5.99. The van der Waals surface area contributed by atoms with Gasteiger partial charge in [0.25, 0.3) is 5.56 Å². The third kappa shape index (κ3) is 2.58. The lowest BCUT2D eigenvalue weighted by atomic mass is 10.1. The average Bonchev–Trinajstić information content (AvgIpc) is 2.49. The Morgan fingerprint density at radius 3 is 2.83 bits per heavy atom. The van der Waals surface area contributed by atoms with E-state index < -0.39 is 11.9 Å². The zero-order valence-electron chi connectivity index (χ0n) is 13.0. The summed E-state index contributed by atoms with van der Waals surface area (Å²) in [4.78, 5) is 40.9. The maximum absolute atomic E-state index is 13.0. The molecule has 23 heavy (non-hydrogen) atoms. The molecule has 1 atom stereocenters. The van der Waals surface area contributed by atoms with E-state index in [0.29, 0.717) is 35.4 Å². The van der Waals surface area contributed by atoms with Crippen molar-refractivity contribution in [2.24, 2.45) is 0 Å². The molecule has 0 aliphatic carbocycles. The van der Waals surface area contributed by atoms with Gasteiger partial charge in [0.05, 0.1) is 10.9 Å². The zero-order valence-corrected chi connectivity index (χ0v) is 13.0. The number of nitrogens with one attached hydrogen (secondary N) is 2. The molecule has 2 heterocycles. The van der Waals surface area contributed by atoms with E-state index in [1.165, 1.54) is 4.57 Å². The van der Waals surface area contributed by atoms with Gasteiger partial charge in [-0.15, -0.1) is 0 Å². The van der Waals surface area contributed by atoms with Gasteiger partial charge in [-0.2, -0.15) is 0 Å². The maximum atomic E-state index is 13.0. The number of piperidine rings is 1. The summed E-state index contributed by atoms with van der Waals surface area (Å²) in [6.45, 7) is 4.31. The van der Waals surface area contributed by atoms with Crippen LogP contribution in [0.2, 0.25) is 0 Å². The van der Waals surface area contributed by atoms with E-state index in [9.17, 15) is 14.4 Å². The lowest BCUT2D eigenvalue weighted by Crippen LogP contribution is -2.45. The summed E-state index contributed by atoms with van der Waals surface area (Å²) < 4.78 is 1.39. The van der Waals surface area contributed by atoms with Gasteiger partial charge in [-0.3, -0.25) is 24.3 Å². The number of anilines is 1. The summed E-state index contributed by atoms with van der Waals surface area (Å²) in [5.41, 5.74) is 1.02. The highest BCUT2D eigenvalue weighted by Gasteiger charge is 2.30. The van der Waals surface area contributed by atoms with E-state index in [0.717, 1.165) is 0 Å². The summed E-state index contributed by atoms with van der Waals surface area (Å²) in [6.07, 6.45) is 0.525. The van der Waals surface area contributed by atoms with E-state index in [1.807, 2.05) is 19.1 Å². The molecule has 1 aromatic heterocycles. The Balaban J connectivity index is 2.21. The largest absolute Gasteiger partial charge is 0.385 e. The second-order valence-corrected chi connectivity index (χ2v) is 5.53. The van der Waals surface area contributed by atoms with Crippen molar-refractivity contribution in [1.29, 1.82) is 0 Å². The number of amides is 2. The van der Waals surface area contributed by atoms with Crippen molar-refractivity contribution in [3.63, 3.8) is 0 Å². The number of nitrogens with zero attached hydrogens (tertiary/aromatic N) is 2. The Bertz CT molecular complexity index is 856. The third-order valence-corrected chi connectivity index (χ3v) is 4.00.